The maximum atomic E-state index is 5.39. The van der Waals surface area contributed by atoms with Gasteiger partial charge >= 0.3 is 0 Å². The number of aryl methyl sites for hydroxylation is 1. The summed E-state index contributed by atoms with van der Waals surface area (Å²) in [5, 5.41) is 7.00. The summed E-state index contributed by atoms with van der Waals surface area (Å²) in [5.74, 6) is 2.89. The van der Waals surface area contributed by atoms with Crippen molar-refractivity contribution in [2.24, 2.45) is 4.99 Å². The summed E-state index contributed by atoms with van der Waals surface area (Å²) >= 11 is 0. The summed E-state index contributed by atoms with van der Waals surface area (Å²) in [6.45, 7) is 6.05. The number of piperidine rings is 1. The molecule has 0 aliphatic carbocycles. The lowest BCUT2D eigenvalue weighted by molar-refractivity contribution is 0.207. The van der Waals surface area contributed by atoms with E-state index >= 15 is 0 Å². The first-order valence-electron chi connectivity index (χ1n) is 9.99. The lowest BCUT2D eigenvalue weighted by atomic mass is 10.1. The van der Waals surface area contributed by atoms with Gasteiger partial charge in [0.05, 0.1) is 19.4 Å². The normalized spacial score (nSPS) is 15.6. The van der Waals surface area contributed by atoms with Gasteiger partial charge in [0, 0.05) is 44.9 Å². The molecule has 1 aliphatic rings. The van der Waals surface area contributed by atoms with E-state index in [0.717, 1.165) is 62.1 Å². The van der Waals surface area contributed by atoms with E-state index in [-0.39, 0.29) is 0 Å². The molecule has 7 heteroatoms. The van der Waals surface area contributed by atoms with Gasteiger partial charge in [0.25, 0.3) is 0 Å². The Morgan fingerprint density at radius 1 is 1.29 bits per heavy atom. The minimum atomic E-state index is 0.401. The van der Waals surface area contributed by atoms with Crippen LogP contribution in [0.2, 0.25) is 0 Å². The third kappa shape index (κ3) is 6.27. The van der Waals surface area contributed by atoms with E-state index in [1.54, 1.807) is 13.4 Å². The van der Waals surface area contributed by atoms with Crippen molar-refractivity contribution in [1.29, 1.82) is 0 Å². The van der Waals surface area contributed by atoms with E-state index < -0.39 is 0 Å². The molecule has 0 bridgehead atoms. The minimum absolute atomic E-state index is 0.401. The van der Waals surface area contributed by atoms with Gasteiger partial charge in [0.1, 0.15) is 11.6 Å². The van der Waals surface area contributed by atoms with Crippen molar-refractivity contribution in [2.75, 3.05) is 44.8 Å². The van der Waals surface area contributed by atoms with Crippen molar-refractivity contribution >= 4 is 11.8 Å². The fraction of sp³-hybridized carbons (Fsp3) is 0.524. The molecule has 0 radical (unpaired) electrons. The molecule has 0 spiro atoms. The van der Waals surface area contributed by atoms with E-state index in [1.807, 2.05) is 25.1 Å². The number of hydrogen-bond acceptors (Lipinski definition) is 5. The fourth-order valence-electron chi connectivity index (χ4n) is 3.31. The molecule has 3 heterocycles. The van der Waals surface area contributed by atoms with E-state index in [1.165, 1.54) is 0 Å². The highest BCUT2D eigenvalue weighted by Crippen LogP contribution is 2.18. The van der Waals surface area contributed by atoms with Gasteiger partial charge in [-0.05, 0) is 44.0 Å². The number of rotatable bonds is 8. The molecule has 1 fully saturated rings. The number of furan rings is 1. The van der Waals surface area contributed by atoms with E-state index in [4.69, 9.17) is 9.15 Å². The Bertz CT molecular complexity index is 724. The number of aromatic nitrogens is 1. The lowest BCUT2D eigenvalue weighted by Gasteiger charge is -2.34. The van der Waals surface area contributed by atoms with Gasteiger partial charge in [0.2, 0.25) is 0 Å². The smallest absolute Gasteiger partial charge is 0.191 e. The van der Waals surface area contributed by atoms with Crippen molar-refractivity contribution in [3.05, 3.63) is 48.0 Å². The third-order valence-electron chi connectivity index (χ3n) is 4.84. The van der Waals surface area contributed by atoms with Crippen molar-refractivity contribution in [3.63, 3.8) is 0 Å². The van der Waals surface area contributed by atoms with Crippen LogP contribution in [0.15, 0.2) is 46.0 Å². The van der Waals surface area contributed by atoms with Crippen LogP contribution < -0.4 is 15.5 Å². The Morgan fingerprint density at radius 3 is 2.86 bits per heavy atom. The average molecular weight is 386 g/mol. The number of nitrogens with zero attached hydrogens (tertiary/aromatic N) is 3. The maximum absolute atomic E-state index is 5.39. The summed E-state index contributed by atoms with van der Waals surface area (Å²) in [6.07, 6.45) is 4.64. The first kappa shape index (κ1) is 20.2. The number of guanidine groups is 1. The number of pyridine rings is 1. The highest BCUT2D eigenvalue weighted by atomic mass is 16.5. The van der Waals surface area contributed by atoms with Crippen molar-refractivity contribution in [3.8, 4) is 0 Å². The maximum Gasteiger partial charge on any atom is 0.191 e. The monoisotopic (exact) mass is 385 g/mol. The summed E-state index contributed by atoms with van der Waals surface area (Å²) in [4.78, 5) is 11.6. The molecule has 3 rings (SSSR count). The Balaban J connectivity index is 1.48. The molecule has 0 amide bonds. The quantitative estimate of drug-likeness (QED) is 0.413. The highest BCUT2D eigenvalue weighted by Gasteiger charge is 2.21. The lowest BCUT2D eigenvalue weighted by Crippen LogP contribution is -2.49. The fourth-order valence-corrected chi connectivity index (χ4v) is 3.31. The Labute approximate surface area is 167 Å². The third-order valence-corrected chi connectivity index (χ3v) is 4.84. The van der Waals surface area contributed by atoms with Gasteiger partial charge < -0.3 is 24.7 Å². The second kappa shape index (κ2) is 10.7. The predicted molar refractivity (Wildman–Crippen MR) is 112 cm³/mol. The molecule has 2 aromatic heterocycles. The van der Waals surface area contributed by atoms with Gasteiger partial charge in [-0.1, -0.05) is 6.07 Å². The number of anilines is 1. The predicted octanol–water partition coefficient (Wildman–Crippen LogP) is 2.38. The van der Waals surface area contributed by atoms with Crippen molar-refractivity contribution in [1.82, 2.24) is 15.6 Å². The zero-order valence-electron chi connectivity index (χ0n) is 16.9. The molecule has 152 valence electrons. The number of aliphatic imine (C=N–C) groups is 1. The Hall–Kier alpha value is -2.54. The summed E-state index contributed by atoms with van der Waals surface area (Å²) in [5.41, 5.74) is 1.06. The number of ether oxygens (including phenoxy) is 1. The summed E-state index contributed by atoms with van der Waals surface area (Å²) < 4.78 is 10.5. The molecule has 2 aromatic rings. The van der Waals surface area contributed by atoms with Crippen LogP contribution >= 0.6 is 0 Å². The molecule has 0 unspecified atom stereocenters. The number of hydrogen-bond donors (Lipinski definition) is 2. The van der Waals surface area contributed by atoms with Crippen LogP contribution in [-0.2, 0) is 11.2 Å². The van der Waals surface area contributed by atoms with E-state index in [2.05, 4.69) is 37.6 Å². The topological polar surface area (TPSA) is 74.9 Å². The molecule has 1 aliphatic heterocycles. The largest absolute Gasteiger partial charge is 0.469 e. The van der Waals surface area contributed by atoms with E-state index in [9.17, 15) is 0 Å². The molecular formula is C21H31N5O2. The average Bonchev–Trinajstić information content (AvgIpc) is 3.22. The molecule has 2 N–H and O–H groups in total. The Kier molecular flexibility index (Phi) is 7.72. The van der Waals surface area contributed by atoms with Gasteiger partial charge in [0.15, 0.2) is 5.96 Å². The molecular weight excluding hydrogens is 354 g/mol. The van der Waals surface area contributed by atoms with Crippen LogP contribution in [0, 0.1) is 6.92 Å². The van der Waals surface area contributed by atoms with Crippen molar-refractivity contribution < 1.29 is 9.15 Å². The SMILES string of the molecule is COCCN=C(NCCc1ccco1)NC1CCN(c2cccc(C)n2)CC1. The van der Waals surface area contributed by atoms with Crippen LogP contribution in [0.1, 0.15) is 24.3 Å². The van der Waals surface area contributed by atoms with Crippen molar-refractivity contribution in [2.45, 2.75) is 32.2 Å². The first-order chi connectivity index (χ1) is 13.7. The number of nitrogens with one attached hydrogen (secondary N) is 2. The van der Waals surface area contributed by atoms with Gasteiger partial charge in [-0.25, -0.2) is 4.98 Å². The highest BCUT2D eigenvalue weighted by molar-refractivity contribution is 5.80. The second-order valence-electron chi connectivity index (χ2n) is 7.02. The summed E-state index contributed by atoms with van der Waals surface area (Å²) in [6, 6.07) is 10.5. The van der Waals surface area contributed by atoms with E-state index in [0.29, 0.717) is 19.2 Å². The van der Waals surface area contributed by atoms with Gasteiger partial charge in [-0.3, -0.25) is 4.99 Å². The minimum Gasteiger partial charge on any atom is -0.469 e. The zero-order chi connectivity index (χ0) is 19.6. The Morgan fingerprint density at radius 2 is 2.14 bits per heavy atom. The van der Waals surface area contributed by atoms with Gasteiger partial charge in [-0.2, -0.15) is 0 Å². The molecule has 7 nitrogen and oxygen atoms in total. The van der Waals surface area contributed by atoms with Crippen LogP contribution in [-0.4, -0.2) is 56.9 Å². The summed E-state index contributed by atoms with van der Waals surface area (Å²) in [7, 11) is 1.70. The zero-order valence-corrected chi connectivity index (χ0v) is 16.9. The molecule has 0 saturated carbocycles. The van der Waals surface area contributed by atoms with Crippen LogP contribution in [0.25, 0.3) is 0 Å². The number of methoxy groups -OCH3 is 1. The second-order valence-corrected chi connectivity index (χ2v) is 7.02. The van der Waals surface area contributed by atoms with Crippen LogP contribution in [0.4, 0.5) is 5.82 Å². The molecule has 0 aromatic carbocycles. The van der Waals surface area contributed by atoms with Crippen LogP contribution in [0.3, 0.4) is 0 Å². The standard InChI is InChI=1S/C21H31N5O2/c1-17-5-3-7-20(24-17)26-13-9-18(10-14-26)25-21(23-12-16-27-2)22-11-8-19-6-4-15-28-19/h3-7,15,18H,8-14,16H2,1-2H3,(H2,22,23,25). The van der Waals surface area contributed by atoms with Gasteiger partial charge in [-0.15, -0.1) is 0 Å². The molecule has 0 atom stereocenters. The van der Waals surface area contributed by atoms with Crippen LogP contribution in [0.5, 0.6) is 0 Å². The first-order valence-corrected chi connectivity index (χ1v) is 9.99. The molecule has 1 saturated heterocycles. The molecule has 28 heavy (non-hydrogen) atoms.